The van der Waals surface area contributed by atoms with Crippen LogP contribution in [0.2, 0.25) is 0 Å². The quantitative estimate of drug-likeness (QED) is 0.178. The van der Waals surface area contributed by atoms with Gasteiger partial charge in [-0.3, -0.25) is 4.70 Å². The second-order valence-electron chi connectivity index (χ2n) is 1.03. The molecule has 0 aromatic heterocycles. The molecule has 0 saturated carbocycles. The van der Waals surface area contributed by atoms with Gasteiger partial charge >= 0.3 is 45.2 Å². The van der Waals surface area contributed by atoms with E-state index in [1.165, 1.54) is 0 Å². The van der Waals surface area contributed by atoms with Crippen LogP contribution in [0.15, 0.2) is 0 Å². The van der Waals surface area contributed by atoms with Crippen molar-refractivity contribution >= 4 is 45.2 Å². The summed E-state index contributed by atoms with van der Waals surface area (Å²) in [6, 6.07) is 0. The van der Waals surface area contributed by atoms with Crippen LogP contribution in [-0.2, 0) is 9.13 Å². The third kappa shape index (κ3) is 1660. The van der Waals surface area contributed by atoms with Crippen molar-refractivity contribution in [3.05, 3.63) is 0 Å². The van der Waals surface area contributed by atoms with Gasteiger partial charge < -0.3 is 41.7 Å². The Morgan fingerprint density at radius 3 is 0.643 bits per heavy atom. The van der Waals surface area contributed by atoms with Crippen LogP contribution in [0.1, 0.15) is 0 Å². The van der Waals surface area contributed by atoms with E-state index < -0.39 is 15.6 Å². The van der Waals surface area contributed by atoms with Gasteiger partial charge in [-0.15, -0.1) is 0 Å². The predicted molar refractivity (Wildman–Crippen MR) is 48.2 cm³/mol. The Morgan fingerprint density at radius 1 is 0.643 bits per heavy atom. The monoisotopic (exact) mass is 274 g/mol. The van der Waals surface area contributed by atoms with Crippen LogP contribution >= 0.6 is 15.6 Å². The number of hydrogen-bond acceptors (Lipinski definition) is 4. The molecule has 14 heavy (non-hydrogen) atoms. The summed E-state index contributed by atoms with van der Waals surface area (Å²) in [5.74, 6) is 0. The van der Waals surface area contributed by atoms with Crippen LogP contribution in [0.4, 0.5) is 4.70 Å². The van der Waals surface area contributed by atoms with Gasteiger partial charge in [-0.2, -0.15) is 0 Å². The van der Waals surface area contributed by atoms with Crippen LogP contribution in [0.5, 0.6) is 0 Å². The molecule has 0 atom stereocenters. The average Bonchev–Trinajstić information content (AvgIpc) is 1.12. The summed E-state index contributed by atoms with van der Waals surface area (Å²) in [6.07, 6.45) is 0. The molecule has 90 valence electrons. The van der Waals surface area contributed by atoms with E-state index in [0.717, 1.165) is 0 Å². The standard InChI is InChI=1S/FH.2H3N.Na.2H3O4P.H/c;;;;2*1-5(2,3)4;/h1H;2*1H3;;2*(H3,1,2,3,4);. The van der Waals surface area contributed by atoms with Crippen LogP contribution < -0.4 is 12.3 Å². The third-order valence-electron chi connectivity index (χ3n) is 0. The Balaban J connectivity index is -0.0000000178. The third-order valence-corrected chi connectivity index (χ3v) is 0. The number of phosphoric acid groups is 2. The van der Waals surface area contributed by atoms with Gasteiger partial charge in [0.15, 0.2) is 0 Å². The van der Waals surface area contributed by atoms with E-state index in [2.05, 4.69) is 0 Å². The number of hydrogen-bond donors (Lipinski definition) is 8. The zero-order chi connectivity index (χ0) is 9.00. The van der Waals surface area contributed by atoms with Crippen molar-refractivity contribution in [1.29, 1.82) is 0 Å². The molecule has 10 nitrogen and oxygen atoms in total. The van der Waals surface area contributed by atoms with Crippen LogP contribution in [0.3, 0.4) is 0 Å². The zero-order valence-electron chi connectivity index (χ0n) is 6.22. The Hall–Kier alpha value is 1.07. The van der Waals surface area contributed by atoms with E-state index in [-0.39, 0.29) is 46.6 Å². The predicted octanol–water partition coefficient (Wildman–Crippen LogP) is -2.03. The molecule has 0 heterocycles. The fourth-order valence-corrected chi connectivity index (χ4v) is 0. The van der Waals surface area contributed by atoms with Gasteiger partial charge in [0.05, 0.1) is 0 Å². The summed E-state index contributed by atoms with van der Waals surface area (Å²) < 4.78 is 17.8. The van der Waals surface area contributed by atoms with Gasteiger partial charge in [0.2, 0.25) is 0 Å². The van der Waals surface area contributed by atoms with Gasteiger partial charge in [-0.25, -0.2) is 9.13 Å². The van der Waals surface area contributed by atoms with Gasteiger partial charge in [-0.1, -0.05) is 0 Å². The second-order valence-corrected chi connectivity index (χ2v) is 3.08. The van der Waals surface area contributed by atoms with E-state index in [9.17, 15) is 0 Å². The average molecular weight is 274 g/mol. The van der Waals surface area contributed by atoms with Crippen molar-refractivity contribution in [3.63, 3.8) is 0 Å². The van der Waals surface area contributed by atoms with Gasteiger partial charge in [0.25, 0.3) is 0 Å². The van der Waals surface area contributed by atoms with Crippen LogP contribution in [-0.4, -0.2) is 58.9 Å². The fourth-order valence-electron chi connectivity index (χ4n) is 0. The summed E-state index contributed by atoms with van der Waals surface area (Å²) in [7, 11) is -9.28. The Labute approximate surface area is 101 Å². The minimum absolute atomic E-state index is 0. The molecular formula is H14FN2NaO8P2. The van der Waals surface area contributed by atoms with Crippen LogP contribution in [0.25, 0.3) is 0 Å². The molecule has 0 amide bonds. The summed E-state index contributed by atoms with van der Waals surface area (Å²) in [4.78, 5) is 43.1. The molecule has 0 aliphatic rings. The Morgan fingerprint density at radius 2 is 0.643 bits per heavy atom. The first-order valence-corrected chi connectivity index (χ1v) is 4.70. The van der Waals surface area contributed by atoms with E-state index >= 15 is 0 Å². The number of halogens is 1. The molecule has 12 N–H and O–H groups in total. The molecule has 0 fully saturated rings. The molecule has 14 heteroatoms. The normalized spacial score (nSPS) is 8.43. The Kier molecular flexibility index (Phi) is 36.4. The maximum atomic E-state index is 8.88. The molecule has 0 radical (unpaired) electrons. The van der Waals surface area contributed by atoms with E-state index in [1.54, 1.807) is 0 Å². The molecule has 0 aliphatic carbocycles. The maximum absolute atomic E-state index is 8.88. The summed E-state index contributed by atoms with van der Waals surface area (Å²) in [5, 5.41) is 0. The van der Waals surface area contributed by atoms with Gasteiger partial charge in [0.1, 0.15) is 0 Å². The van der Waals surface area contributed by atoms with Crippen LogP contribution in [0, 0.1) is 0 Å². The first-order valence-electron chi connectivity index (χ1n) is 1.57. The van der Waals surface area contributed by atoms with Crippen molar-refractivity contribution in [1.82, 2.24) is 12.3 Å². The molecule has 0 aromatic carbocycles. The first kappa shape index (κ1) is 36.3. The summed E-state index contributed by atoms with van der Waals surface area (Å²) >= 11 is 0. The molecule has 0 bridgehead atoms. The van der Waals surface area contributed by atoms with Crippen molar-refractivity contribution in [2.75, 3.05) is 0 Å². The second kappa shape index (κ2) is 14.1. The van der Waals surface area contributed by atoms with Gasteiger partial charge in [-0.05, 0) is 0 Å². The molecule has 0 aliphatic heterocycles. The topological polar surface area (TPSA) is 226 Å². The number of rotatable bonds is 0. The van der Waals surface area contributed by atoms with Crippen molar-refractivity contribution in [3.8, 4) is 0 Å². The van der Waals surface area contributed by atoms with Crippen molar-refractivity contribution in [2.24, 2.45) is 0 Å². The summed E-state index contributed by atoms with van der Waals surface area (Å²) in [5.41, 5.74) is 0. The molecule has 0 spiro atoms. The first-order chi connectivity index (χ1) is 4.00. The SMILES string of the molecule is F.N.N.O=P(O)(O)O.O=P(O)(O)O.[NaH]. The molecule has 0 rings (SSSR count). The summed E-state index contributed by atoms with van der Waals surface area (Å²) in [6.45, 7) is 0. The molecule has 0 aromatic rings. The van der Waals surface area contributed by atoms with Gasteiger partial charge in [0, 0.05) is 0 Å². The van der Waals surface area contributed by atoms with Crippen molar-refractivity contribution in [2.45, 2.75) is 0 Å². The fraction of sp³-hybridized carbons (Fsp3) is 0. The van der Waals surface area contributed by atoms with E-state index in [4.69, 9.17) is 38.5 Å². The van der Waals surface area contributed by atoms with E-state index in [0.29, 0.717) is 0 Å². The molecule has 0 saturated heterocycles. The molecule has 0 unspecified atom stereocenters. The zero-order valence-corrected chi connectivity index (χ0v) is 8.01. The van der Waals surface area contributed by atoms with Crippen molar-refractivity contribution < 1.29 is 43.2 Å². The minimum atomic E-state index is -4.64. The molecular weight excluding hydrogens is 260 g/mol. The Bertz CT molecular complexity index is 138. The van der Waals surface area contributed by atoms with E-state index in [1.807, 2.05) is 0 Å².